The standard InChI is InChI=1S/C41H73BN4O13/c1-14-29-41(10,52)34(49)23(4)31(47)21(2)18-40(9,54-13)36(59-38-32(48)28(17-22(3)55-38)45(11)16-15-27-20-46(42)44-43-27)24(5)33(25(6)37(51)57-29)58-30-19-39(8,53-12)35(50)26(7)56-30/h20-26,28-30,32-36,38,48-50,52H,14-19,42H2,1-13H3/t21-,22-,23+,24+,25-,26+,28+,29-,30+,32-,33+,34-,35+,36-,38+,39-,40-,41-/m1/s1. The molecule has 3 fully saturated rings. The van der Waals surface area contributed by atoms with Crippen molar-refractivity contribution in [3.8, 4) is 0 Å². The normalized spacial score (nSPS) is 44.6. The molecule has 59 heavy (non-hydrogen) atoms. The third-order valence-electron chi connectivity index (χ3n) is 13.5. The van der Waals surface area contributed by atoms with Gasteiger partial charge in [0, 0.05) is 63.6 Å². The van der Waals surface area contributed by atoms with E-state index in [2.05, 4.69) is 15.2 Å². The minimum atomic E-state index is -1.98. The Balaban J connectivity index is 1.80. The van der Waals surface area contributed by atoms with Crippen LogP contribution in [0, 0.1) is 23.7 Å². The molecule has 17 nitrogen and oxygen atoms in total. The van der Waals surface area contributed by atoms with Gasteiger partial charge in [0.2, 0.25) is 0 Å². The Morgan fingerprint density at radius 1 is 0.949 bits per heavy atom. The Labute approximate surface area is 351 Å². The number of ether oxygens (including phenoxy) is 7. The lowest BCUT2D eigenvalue weighted by Crippen LogP contribution is -2.61. The average Bonchev–Trinajstić information content (AvgIpc) is 3.62. The average molecular weight is 841 g/mol. The zero-order chi connectivity index (χ0) is 44.4. The molecule has 3 aliphatic heterocycles. The van der Waals surface area contributed by atoms with Crippen molar-refractivity contribution in [1.29, 1.82) is 0 Å². The van der Waals surface area contributed by atoms with Crippen LogP contribution >= 0.6 is 0 Å². The number of hydrogen-bond acceptors (Lipinski definition) is 16. The lowest BCUT2D eigenvalue weighted by atomic mass is 9.74. The van der Waals surface area contributed by atoms with Gasteiger partial charge in [-0.2, -0.15) is 0 Å². The molecule has 3 saturated heterocycles. The Morgan fingerprint density at radius 2 is 1.59 bits per heavy atom. The van der Waals surface area contributed by atoms with E-state index >= 15 is 0 Å². The topological polar surface area (TPSA) is 214 Å². The van der Waals surface area contributed by atoms with Crippen LogP contribution in [0.25, 0.3) is 0 Å². The second-order valence-electron chi connectivity index (χ2n) is 18.3. The SMILES string of the molecule is Bn1cc(CCN(C)[C@H]2C[C@@H](C)O[C@@H](O[C@@H]3[C@@H](C)[C@H](O[C@H]4C[C@@](C)(OC)[C@@H](O)[C@H](C)O4)[C@@H](C)C(=O)O[C@H](CC)[C@@](C)(O)[C@H](O)[C@@H](C)C(=O)[C@H](C)C[C@@]3(C)OC)[C@@H]2O)nn1. The number of rotatable bonds is 11. The van der Waals surface area contributed by atoms with Crippen molar-refractivity contribution in [3.63, 3.8) is 0 Å². The van der Waals surface area contributed by atoms with Gasteiger partial charge in [-0.3, -0.25) is 9.59 Å². The van der Waals surface area contributed by atoms with Crippen molar-refractivity contribution in [2.75, 3.05) is 27.8 Å². The van der Waals surface area contributed by atoms with E-state index in [1.165, 1.54) is 21.1 Å². The summed E-state index contributed by atoms with van der Waals surface area (Å²) < 4.78 is 46.1. The Morgan fingerprint density at radius 3 is 2.17 bits per heavy atom. The maximum absolute atomic E-state index is 14.3. The second-order valence-corrected chi connectivity index (χ2v) is 18.3. The molecule has 0 radical (unpaired) electrons. The van der Waals surface area contributed by atoms with E-state index in [1.54, 1.807) is 53.1 Å². The molecule has 0 saturated carbocycles. The van der Waals surface area contributed by atoms with Crippen molar-refractivity contribution in [2.45, 2.75) is 186 Å². The van der Waals surface area contributed by atoms with E-state index in [0.29, 0.717) is 19.4 Å². The molecule has 3 aliphatic rings. The van der Waals surface area contributed by atoms with Gasteiger partial charge in [0.15, 0.2) is 12.6 Å². The number of esters is 1. The molecule has 0 spiro atoms. The molecule has 18 atom stereocenters. The molecule has 4 rings (SSSR count). The van der Waals surface area contributed by atoms with Gasteiger partial charge in [-0.05, 0) is 67.9 Å². The number of carbonyl (C=O) groups excluding carboxylic acids is 2. The summed E-state index contributed by atoms with van der Waals surface area (Å²) in [6.07, 6.45) is -6.75. The summed E-state index contributed by atoms with van der Waals surface area (Å²) in [7, 11) is 6.75. The van der Waals surface area contributed by atoms with Crippen LogP contribution < -0.4 is 0 Å². The number of aliphatic hydroxyl groups is 4. The highest BCUT2D eigenvalue weighted by atomic mass is 16.7. The number of carbonyl (C=O) groups is 2. The van der Waals surface area contributed by atoms with Crippen LogP contribution in [0.2, 0.25) is 0 Å². The summed E-state index contributed by atoms with van der Waals surface area (Å²) in [5, 5.41) is 54.5. The summed E-state index contributed by atoms with van der Waals surface area (Å²) in [4.78, 5) is 30.5. The van der Waals surface area contributed by atoms with Crippen molar-refractivity contribution in [3.05, 3.63) is 11.9 Å². The van der Waals surface area contributed by atoms with Crippen LogP contribution in [-0.4, -0.2) is 172 Å². The minimum Gasteiger partial charge on any atom is -0.459 e. The first-order valence-corrected chi connectivity index (χ1v) is 21.2. The van der Waals surface area contributed by atoms with E-state index in [9.17, 15) is 30.0 Å². The Kier molecular flexibility index (Phi) is 16.8. The van der Waals surface area contributed by atoms with Crippen LogP contribution in [0.1, 0.15) is 101 Å². The molecule has 0 unspecified atom stereocenters. The number of aliphatic hydroxyl groups excluding tert-OH is 3. The maximum Gasteiger partial charge on any atom is 0.311 e. The predicted octanol–water partition coefficient (Wildman–Crippen LogP) is 1.04. The van der Waals surface area contributed by atoms with Crippen molar-refractivity contribution in [1.82, 2.24) is 19.8 Å². The molecular formula is C41H73BN4O13. The molecule has 0 bridgehead atoms. The molecule has 1 aromatic rings. The third-order valence-corrected chi connectivity index (χ3v) is 13.5. The molecular weight excluding hydrogens is 767 g/mol. The maximum atomic E-state index is 14.3. The predicted molar refractivity (Wildman–Crippen MR) is 218 cm³/mol. The largest absolute Gasteiger partial charge is 0.459 e. The lowest BCUT2D eigenvalue weighted by molar-refractivity contribution is -0.319. The van der Waals surface area contributed by atoms with Crippen molar-refractivity contribution < 1.29 is 63.2 Å². The summed E-state index contributed by atoms with van der Waals surface area (Å²) in [6.45, 7) is 17.6. The summed E-state index contributed by atoms with van der Waals surface area (Å²) in [5.74, 6) is -4.61. The first kappa shape index (κ1) is 49.6. The van der Waals surface area contributed by atoms with Gasteiger partial charge in [-0.1, -0.05) is 32.9 Å². The molecule has 338 valence electrons. The van der Waals surface area contributed by atoms with Crippen LogP contribution in [0.5, 0.6) is 0 Å². The zero-order valence-corrected chi connectivity index (χ0v) is 37.7. The van der Waals surface area contributed by atoms with Gasteiger partial charge in [-0.25, -0.2) is 0 Å². The molecule has 0 aliphatic carbocycles. The fraction of sp³-hybridized carbons (Fsp3) is 0.902. The second kappa shape index (κ2) is 20.0. The van der Waals surface area contributed by atoms with Gasteiger partial charge in [0.05, 0.1) is 53.3 Å². The number of methoxy groups -OCH3 is 2. The molecule has 4 N–H and O–H groups in total. The molecule has 0 aromatic carbocycles. The highest BCUT2D eigenvalue weighted by molar-refractivity contribution is 6.05. The van der Waals surface area contributed by atoms with Crippen molar-refractivity contribution in [2.24, 2.45) is 23.7 Å². The van der Waals surface area contributed by atoms with Gasteiger partial charge in [0.25, 0.3) is 7.98 Å². The van der Waals surface area contributed by atoms with Gasteiger partial charge >= 0.3 is 5.97 Å². The third kappa shape index (κ3) is 10.9. The Hall–Kier alpha value is -2.10. The van der Waals surface area contributed by atoms with E-state index in [-0.39, 0.29) is 37.2 Å². The number of aromatic nitrogens is 3. The van der Waals surface area contributed by atoms with Crippen LogP contribution in [0.15, 0.2) is 6.20 Å². The van der Waals surface area contributed by atoms with Crippen LogP contribution in [-0.2, 0) is 49.2 Å². The van der Waals surface area contributed by atoms with Crippen LogP contribution in [0.3, 0.4) is 0 Å². The monoisotopic (exact) mass is 841 g/mol. The highest BCUT2D eigenvalue weighted by Crippen LogP contribution is 2.42. The summed E-state index contributed by atoms with van der Waals surface area (Å²) in [5.41, 5.74) is -3.51. The number of Topliss-reactive ketones (excluding diaryl/α,β-unsaturated/α-hetero) is 1. The van der Waals surface area contributed by atoms with Crippen molar-refractivity contribution >= 4 is 19.7 Å². The van der Waals surface area contributed by atoms with Gasteiger partial charge in [0.1, 0.15) is 29.7 Å². The lowest BCUT2D eigenvalue weighted by Gasteiger charge is -2.50. The molecule has 4 heterocycles. The number of nitrogens with zero attached hydrogens (tertiary/aromatic N) is 4. The quantitative estimate of drug-likeness (QED) is 0.181. The van der Waals surface area contributed by atoms with Crippen LogP contribution in [0.4, 0.5) is 0 Å². The number of ketones is 1. The molecule has 1 aromatic heterocycles. The number of hydrogen-bond donors (Lipinski definition) is 4. The first-order chi connectivity index (χ1) is 27.4. The highest BCUT2D eigenvalue weighted by Gasteiger charge is 2.54. The molecule has 0 amide bonds. The fourth-order valence-corrected chi connectivity index (χ4v) is 9.48. The van der Waals surface area contributed by atoms with Gasteiger partial charge < -0.3 is 63.1 Å². The summed E-state index contributed by atoms with van der Waals surface area (Å²) >= 11 is 0. The van der Waals surface area contributed by atoms with E-state index in [1.807, 2.05) is 35.1 Å². The zero-order valence-electron chi connectivity index (χ0n) is 37.7. The fourth-order valence-electron chi connectivity index (χ4n) is 9.48. The Bertz CT molecular complexity index is 1540. The van der Waals surface area contributed by atoms with E-state index < -0.39 is 102 Å². The molecule has 18 heteroatoms. The number of likely N-dealkylation sites (N-methyl/N-ethyl adjacent to an activating group) is 1. The van der Waals surface area contributed by atoms with E-state index in [4.69, 9.17) is 33.2 Å². The summed E-state index contributed by atoms with van der Waals surface area (Å²) in [6, 6.07) is -0.374. The number of cyclic esters (lactones) is 1. The van der Waals surface area contributed by atoms with E-state index in [0.717, 1.165) is 5.69 Å². The minimum absolute atomic E-state index is 0.0873. The van der Waals surface area contributed by atoms with Gasteiger partial charge in [-0.15, -0.1) is 5.10 Å². The first-order valence-electron chi connectivity index (χ1n) is 21.2. The smallest absolute Gasteiger partial charge is 0.311 e.